The summed E-state index contributed by atoms with van der Waals surface area (Å²) in [5, 5.41) is 3.27. The molecule has 4 aromatic rings. The highest BCUT2D eigenvalue weighted by atomic mass is 32.2. The molecule has 0 spiro atoms. The van der Waals surface area contributed by atoms with E-state index >= 15 is 0 Å². The number of H-pyrrole nitrogens is 1. The van der Waals surface area contributed by atoms with Crippen molar-refractivity contribution in [2.45, 2.75) is 22.7 Å². The smallest absolute Gasteiger partial charge is 0.251 e. The summed E-state index contributed by atoms with van der Waals surface area (Å²) in [7, 11) is 0. The molecule has 0 bridgehead atoms. The number of aryl methyl sites for hydroxylation is 1. The molecule has 0 saturated carbocycles. The van der Waals surface area contributed by atoms with Gasteiger partial charge < -0.3 is 15.0 Å². The quantitative estimate of drug-likeness (QED) is 0.225. The Morgan fingerprint density at radius 2 is 1.65 bits per heavy atom. The Kier molecular flexibility index (Phi) is 8.06. The van der Waals surface area contributed by atoms with Gasteiger partial charge in [0, 0.05) is 22.4 Å². The standard InChI is InChI=1S/C26H23N3O3S2/c1-18-7-13-23(14-8-18)33-16-20-15-24(30)29-26(28-20)34-17-25(31)27-19-9-11-22(12-10-19)32-21-5-3-2-4-6-21/h2-15H,16-17H2,1H3,(H,27,31)(H,28,29,30). The molecule has 0 radical (unpaired) electrons. The second-order valence-corrected chi connectivity index (χ2v) is 9.43. The van der Waals surface area contributed by atoms with E-state index in [0.29, 0.717) is 28.0 Å². The third kappa shape index (κ3) is 7.26. The van der Waals surface area contributed by atoms with E-state index in [9.17, 15) is 9.59 Å². The van der Waals surface area contributed by atoms with Gasteiger partial charge in [-0.3, -0.25) is 9.59 Å². The summed E-state index contributed by atoms with van der Waals surface area (Å²) in [6.07, 6.45) is 0. The summed E-state index contributed by atoms with van der Waals surface area (Å²) in [6, 6.07) is 26.3. The highest BCUT2D eigenvalue weighted by Crippen LogP contribution is 2.24. The fraction of sp³-hybridized carbons (Fsp3) is 0.115. The predicted octanol–water partition coefficient (Wildman–Crippen LogP) is 5.89. The van der Waals surface area contributed by atoms with E-state index < -0.39 is 0 Å². The number of rotatable bonds is 9. The maximum atomic E-state index is 12.4. The summed E-state index contributed by atoms with van der Waals surface area (Å²) >= 11 is 2.81. The normalized spacial score (nSPS) is 10.6. The van der Waals surface area contributed by atoms with E-state index in [1.54, 1.807) is 36.0 Å². The summed E-state index contributed by atoms with van der Waals surface area (Å²) in [5.74, 6) is 1.94. The van der Waals surface area contributed by atoms with E-state index in [4.69, 9.17) is 4.74 Å². The number of benzene rings is 3. The summed E-state index contributed by atoms with van der Waals surface area (Å²) in [5.41, 5.74) is 2.31. The number of carbonyl (C=O) groups excluding carboxylic acids is 1. The van der Waals surface area contributed by atoms with Crippen molar-refractivity contribution in [3.63, 3.8) is 0 Å². The molecule has 0 saturated heterocycles. The number of hydrogen-bond acceptors (Lipinski definition) is 6. The van der Waals surface area contributed by atoms with Crippen molar-refractivity contribution in [1.82, 2.24) is 9.97 Å². The summed E-state index contributed by atoms with van der Waals surface area (Å²) < 4.78 is 5.76. The SMILES string of the molecule is Cc1ccc(SCc2cc(=O)[nH]c(SCC(=O)Nc3ccc(Oc4ccccc4)cc3)n2)cc1. The van der Waals surface area contributed by atoms with Gasteiger partial charge in [-0.1, -0.05) is 47.7 Å². The van der Waals surface area contributed by atoms with Crippen LogP contribution in [-0.2, 0) is 10.5 Å². The van der Waals surface area contributed by atoms with Gasteiger partial charge in [-0.15, -0.1) is 11.8 Å². The van der Waals surface area contributed by atoms with Gasteiger partial charge in [0.05, 0.1) is 11.4 Å². The van der Waals surface area contributed by atoms with Crippen molar-refractivity contribution in [2.75, 3.05) is 11.1 Å². The average molecular weight is 490 g/mol. The van der Waals surface area contributed by atoms with E-state index in [-0.39, 0.29) is 17.2 Å². The molecule has 0 atom stereocenters. The number of para-hydroxylation sites is 1. The zero-order valence-corrected chi connectivity index (χ0v) is 20.1. The number of ether oxygens (including phenoxy) is 1. The Labute approximate surface area is 206 Å². The van der Waals surface area contributed by atoms with Crippen LogP contribution in [0.5, 0.6) is 11.5 Å². The highest BCUT2D eigenvalue weighted by Gasteiger charge is 2.08. The molecule has 0 aliphatic rings. The minimum Gasteiger partial charge on any atom is -0.457 e. The van der Waals surface area contributed by atoms with Crippen molar-refractivity contribution >= 4 is 35.1 Å². The first-order chi connectivity index (χ1) is 16.5. The van der Waals surface area contributed by atoms with Crippen LogP contribution < -0.4 is 15.6 Å². The Morgan fingerprint density at radius 1 is 0.941 bits per heavy atom. The number of thioether (sulfide) groups is 2. The Bertz CT molecular complexity index is 1290. The van der Waals surface area contributed by atoms with Crippen LogP contribution >= 0.6 is 23.5 Å². The molecule has 0 aliphatic heterocycles. The molecule has 4 rings (SSSR count). The molecule has 8 heteroatoms. The molecule has 2 N–H and O–H groups in total. The zero-order valence-electron chi connectivity index (χ0n) is 18.5. The number of amides is 1. The number of nitrogens with zero attached hydrogens (tertiary/aromatic N) is 1. The van der Waals surface area contributed by atoms with Crippen molar-refractivity contribution in [2.24, 2.45) is 0 Å². The van der Waals surface area contributed by atoms with Crippen molar-refractivity contribution in [3.8, 4) is 11.5 Å². The van der Waals surface area contributed by atoms with Gasteiger partial charge in [-0.05, 0) is 55.5 Å². The Hall–Kier alpha value is -3.49. The lowest BCUT2D eigenvalue weighted by atomic mass is 10.2. The van der Waals surface area contributed by atoms with Crippen LogP contribution in [0.15, 0.2) is 99.8 Å². The third-order valence-corrected chi connectivity index (χ3v) is 6.56. The Morgan fingerprint density at radius 3 is 2.38 bits per heavy atom. The molecule has 1 amide bonds. The van der Waals surface area contributed by atoms with E-state index in [1.165, 1.54) is 23.4 Å². The number of carbonyl (C=O) groups is 1. The average Bonchev–Trinajstić information content (AvgIpc) is 2.84. The maximum Gasteiger partial charge on any atom is 0.251 e. The largest absolute Gasteiger partial charge is 0.457 e. The van der Waals surface area contributed by atoms with Crippen molar-refractivity contribution in [3.05, 3.63) is 107 Å². The number of hydrogen-bond donors (Lipinski definition) is 2. The van der Waals surface area contributed by atoms with Gasteiger partial charge in [0.1, 0.15) is 11.5 Å². The number of anilines is 1. The van der Waals surface area contributed by atoms with Gasteiger partial charge in [0.25, 0.3) is 5.56 Å². The fourth-order valence-electron chi connectivity index (χ4n) is 2.98. The predicted molar refractivity (Wildman–Crippen MR) is 138 cm³/mol. The molecular weight excluding hydrogens is 466 g/mol. The third-order valence-electron chi connectivity index (χ3n) is 4.64. The number of nitrogens with one attached hydrogen (secondary N) is 2. The first-order valence-corrected chi connectivity index (χ1v) is 12.6. The van der Waals surface area contributed by atoms with Gasteiger partial charge in [-0.25, -0.2) is 4.98 Å². The van der Waals surface area contributed by atoms with E-state index in [2.05, 4.69) is 27.4 Å². The monoisotopic (exact) mass is 489 g/mol. The highest BCUT2D eigenvalue weighted by molar-refractivity contribution is 7.99. The lowest BCUT2D eigenvalue weighted by Gasteiger charge is -2.08. The molecule has 0 fully saturated rings. The first kappa shape index (κ1) is 23.7. The molecule has 6 nitrogen and oxygen atoms in total. The molecule has 1 aromatic heterocycles. The molecule has 34 heavy (non-hydrogen) atoms. The molecule has 172 valence electrons. The van der Waals surface area contributed by atoms with Crippen LogP contribution in [0.3, 0.4) is 0 Å². The van der Waals surface area contributed by atoms with Crippen LogP contribution in [0.2, 0.25) is 0 Å². The number of aromatic nitrogens is 2. The minimum atomic E-state index is -0.230. The summed E-state index contributed by atoms with van der Waals surface area (Å²) in [4.78, 5) is 32.7. The zero-order chi connectivity index (χ0) is 23.8. The second-order valence-electron chi connectivity index (χ2n) is 7.42. The maximum absolute atomic E-state index is 12.4. The summed E-state index contributed by atoms with van der Waals surface area (Å²) in [6.45, 7) is 2.04. The number of aromatic amines is 1. The molecule has 0 aliphatic carbocycles. The molecule has 1 heterocycles. The minimum absolute atomic E-state index is 0.125. The van der Waals surface area contributed by atoms with Crippen molar-refractivity contribution in [1.29, 1.82) is 0 Å². The van der Waals surface area contributed by atoms with E-state index in [0.717, 1.165) is 10.6 Å². The van der Waals surface area contributed by atoms with Crippen LogP contribution in [-0.4, -0.2) is 21.6 Å². The molecule has 3 aromatic carbocycles. The second kappa shape index (κ2) is 11.6. The van der Waals surface area contributed by atoms with Crippen LogP contribution in [0.4, 0.5) is 5.69 Å². The fourth-order valence-corrected chi connectivity index (χ4v) is 4.46. The topological polar surface area (TPSA) is 84.1 Å². The van der Waals surface area contributed by atoms with E-state index in [1.807, 2.05) is 49.4 Å². The van der Waals surface area contributed by atoms with Crippen molar-refractivity contribution < 1.29 is 9.53 Å². The van der Waals surface area contributed by atoms with Gasteiger partial charge in [0.15, 0.2) is 5.16 Å². The van der Waals surface area contributed by atoms with Crippen LogP contribution in [0, 0.1) is 6.92 Å². The Balaban J connectivity index is 1.28. The van der Waals surface area contributed by atoms with Gasteiger partial charge in [-0.2, -0.15) is 0 Å². The lowest BCUT2D eigenvalue weighted by molar-refractivity contribution is -0.113. The van der Waals surface area contributed by atoms with Gasteiger partial charge >= 0.3 is 0 Å². The van der Waals surface area contributed by atoms with Gasteiger partial charge in [0.2, 0.25) is 5.91 Å². The lowest BCUT2D eigenvalue weighted by Crippen LogP contribution is -2.15. The van der Waals surface area contributed by atoms with Crippen LogP contribution in [0.1, 0.15) is 11.3 Å². The first-order valence-electron chi connectivity index (χ1n) is 10.6. The molecule has 0 unspecified atom stereocenters. The molecular formula is C26H23N3O3S2. The van der Waals surface area contributed by atoms with Crippen LogP contribution in [0.25, 0.3) is 0 Å².